The molecule has 98 valence electrons. The zero-order chi connectivity index (χ0) is 13.4. The molecule has 0 radical (unpaired) electrons. The molecular weight excluding hydrogens is 230 g/mol. The number of rotatable bonds is 6. The van der Waals surface area contributed by atoms with E-state index in [1.165, 1.54) is 12.7 Å². The molecule has 0 bridgehead atoms. The number of benzene rings is 1. The summed E-state index contributed by atoms with van der Waals surface area (Å²) in [6, 6.07) is 8.21. The standard InChI is InChI=1S/C14H19NO3/c1-3-11-4-6-12(7-5-11)8-9-13(16)15-10-14(17)18-2/h4-7H,3,8-10H2,1-2H3,(H,15,16). The Kier molecular flexibility index (Phi) is 5.91. The summed E-state index contributed by atoms with van der Waals surface area (Å²) in [4.78, 5) is 22.3. The maximum absolute atomic E-state index is 11.4. The first-order valence-electron chi connectivity index (χ1n) is 6.07. The van der Waals surface area contributed by atoms with E-state index in [1.54, 1.807) is 0 Å². The number of methoxy groups -OCH3 is 1. The maximum Gasteiger partial charge on any atom is 0.325 e. The Bertz CT molecular complexity index is 398. The number of carbonyl (C=O) groups excluding carboxylic acids is 2. The molecule has 0 fully saturated rings. The average molecular weight is 249 g/mol. The molecule has 0 atom stereocenters. The van der Waals surface area contributed by atoms with Crippen LogP contribution in [-0.2, 0) is 27.2 Å². The third-order valence-corrected chi connectivity index (χ3v) is 2.73. The van der Waals surface area contributed by atoms with Crippen molar-refractivity contribution in [1.29, 1.82) is 0 Å². The first-order chi connectivity index (χ1) is 8.65. The third-order valence-electron chi connectivity index (χ3n) is 2.73. The Morgan fingerprint density at radius 3 is 2.33 bits per heavy atom. The minimum atomic E-state index is -0.435. The molecule has 0 spiro atoms. The molecular formula is C14H19NO3. The molecule has 0 saturated carbocycles. The predicted octanol–water partition coefficient (Wildman–Crippen LogP) is 1.47. The number of carbonyl (C=O) groups is 2. The van der Waals surface area contributed by atoms with Gasteiger partial charge < -0.3 is 10.1 Å². The number of amides is 1. The summed E-state index contributed by atoms with van der Waals surface area (Å²) in [6.07, 6.45) is 2.07. The summed E-state index contributed by atoms with van der Waals surface area (Å²) in [5.74, 6) is -0.574. The molecule has 4 nitrogen and oxygen atoms in total. The van der Waals surface area contributed by atoms with Crippen molar-refractivity contribution < 1.29 is 14.3 Å². The fraction of sp³-hybridized carbons (Fsp3) is 0.429. The Morgan fingerprint density at radius 1 is 1.17 bits per heavy atom. The van der Waals surface area contributed by atoms with Crippen LogP contribution in [0.3, 0.4) is 0 Å². The SMILES string of the molecule is CCc1ccc(CCC(=O)NCC(=O)OC)cc1. The zero-order valence-electron chi connectivity index (χ0n) is 10.9. The van der Waals surface area contributed by atoms with Gasteiger partial charge in [0.25, 0.3) is 0 Å². The number of nitrogens with one attached hydrogen (secondary N) is 1. The molecule has 1 rings (SSSR count). The van der Waals surface area contributed by atoms with E-state index < -0.39 is 5.97 Å². The van der Waals surface area contributed by atoms with Gasteiger partial charge in [-0.1, -0.05) is 31.2 Å². The first-order valence-corrected chi connectivity index (χ1v) is 6.07. The lowest BCUT2D eigenvalue weighted by molar-refractivity contribution is -0.141. The summed E-state index contributed by atoms with van der Waals surface area (Å²) in [6.45, 7) is 2.04. The Hall–Kier alpha value is -1.84. The van der Waals surface area contributed by atoms with Crippen molar-refractivity contribution in [2.24, 2.45) is 0 Å². The average Bonchev–Trinajstić information content (AvgIpc) is 2.42. The van der Waals surface area contributed by atoms with Gasteiger partial charge in [0.2, 0.25) is 5.91 Å². The Balaban J connectivity index is 2.31. The summed E-state index contributed by atoms with van der Waals surface area (Å²) >= 11 is 0. The van der Waals surface area contributed by atoms with E-state index in [4.69, 9.17) is 0 Å². The number of esters is 1. The molecule has 0 aliphatic rings. The molecule has 0 aliphatic carbocycles. The number of aryl methyl sites for hydroxylation is 2. The van der Waals surface area contributed by atoms with E-state index in [2.05, 4.69) is 29.1 Å². The number of ether oxygens (including phenoxy) is 1. The molecule has 0 saturated heterocycles. The van der Waals surface area contributed by atoms with Gasteiger partial charge in [-0.3, -0.25) is 9.59 Å². The van der Waals surface area contributed by atoms with E-state index in [0.29, 0.717) is 12.8 Å². The van der Waals surface area contributed by atoms with Crippen molar-refractivity contribution in [3.8, 4) is 0 Å². The monoisotopic (exact) mass is 249 g/mol. The van der Waals surface area contributed by atoms with Crippen molar-refractivity contribution in [2.45, 2.75) is 26.2 Å². The smallest absolute Gasteiger partial charge is 0.325 e. The fourth-order valence-corrected chi connectivity index (χ4v) is 1.53. The van der Waals surface area contributed by atoms with Gasteiger partial charge in [-0.15, -0.1) is 0 Å². The molecule has 1 aromatic carbocycles. The van der Waals surface area contributed by atoms with E-state index in [0.717, 1.165) is 12.0 Å². The molecule has 0 aliphatic heterocycles. The van der Waals surface area contributed by atoms with Gasteiger partial charge in [0, 0.05) is 6.42 Å². The largest absolute Gasteiger partial charge is 0.468 e. The van der Waals surface area contributed by atoms with Crippen molar-refractivity contribution in [3.05, 3.63) is 35.4 Å². The summed E-state index contributed by atoms with van der Waals surface area (Å²) in [7, 11) is 1.30. The Labute approximate surface area is 107 Å². The van der Waals surface area contributed by atoms with E-state index in [-0.39, 0.29) is 12.5 Å². The highest BCUT2D eigenvalue weighted by Gasteiger charge is 2.05. The van der Waals surface area contributed by atoms with Gasteiger partial charge >= 0.3 is 5.97 Å². The zero-order valence-corrected chi connectivity index (χ0v) is 10.9. The summed E-state index contributed by atoms with van der Waals surface area (Å²) < 4.78 is 4.44. The second kappa shape index (κ2) is 7.48. The maximum atomic E-state index is 11.4. The minimum absolute atomic E-state index is 0.0654. The molecule has 1 amide bonds. The fourth-order valence-electron chi connectivity index (χ4n) is 1.53. The second-order valence-corrected chi connectivity index (χ2v) is 4.02. The van der Waals surface area contributed by atoms with E-state index in [1.807, 2.05) is 12.1 Å². The molecule has 0 unspecified atom stereocenters. The number of hydrogen-bond acceptors (Lipinski definition) is 3. The van der Waals surface area contributed by atoms with Crippen LogP contribution in [0.1, 0.15) is 24.5 Å². The van der Waals surface area contributed by atoms with E-state index in [9.17, 15) is 9.59 Å². The van der Waals surface area contributed by atoms with Crippen molar-refractivity contribution in [3.63, 3.8) is 0 Å². The van der Waals surface area contributed by atoms with Gasteiger partial charge in [-0.25, -0.2) is 0 Å². The quantitative estimate of drug-likeness (QED) is 0.777. The van der Waals surface area contributed by atoms with Crippen LogP contribution in [0.4, 0.5) is 0 Å². The first kappa shape index (κ1) is 14.2. The van der Waals surface area contributed by atoms with Crippen LogP contribution < -0.4 is 5.32 Å². The van der Waals surface area contributed by atoms with Crippen molar-refractivity contribution >= 4 is 11.9 Å². The van der Waals surface area contributed by atoms with Crippen LogP contribution in [0.5, 0.6) is 0 Å². The lowest BCUT2D eigenvalue weighted by Gasteiger charge is -2.04. The molecule has 0 aromatic heterocycles. The summed E-state index contributed by atoms with van der Waals surface area (Å²) in [5, 5.41) is 2.51. The highest BCUT2D eigenvalue weighted by atomic mass is 16.5. The molecule has 1 aromatic rings. The number of hydrogen-bond donors (Lipinski definition) is 1. The highest BCUT2D eigenvalue weighted by Crippen LogP contribution is 2.07. The Morgan fingerprint density at radius 2 is 1.78 bits per heavy atom. The molecule has 1 N–H and O–H groups in total. The molecule has 18 heavy (non-hydrogen) atoms. The normalized spacial score (nSPS) is 9.89. The summed E-state index contributed by atoms with van der Waals surface area (Å²) in [5.41, 5.74) is 2.41. The third kappa shape index (κ3) is 4.99. The van der Waals surface area contributed by atoms with Crippen LogP contribution in [0.15, 0.2) is 24.3 Å². The molecule has 0 heterocycles. The van der Waals surface area contributed by atoms with Gasteiger partial charge in [-0.05, 0) is 24.0 Å². The lowest BCUT2D eigenvalue weighted by Crippen LogP contribution is -2.30. The van der Waals surface area contributed by atoms with Crippen LogP contribution in [0.25, 0.3) is 0 Å². The van der Waals surface area contributed by atoms with E-state index >= 15 is 0 Å². The van der Waals surface area contributed by atoms with Crippen LogP contribution in [0, 0.1) is 0 Å². The van der Waals surface area contributed by atoms with Gasteiger partial charge in [0.1, 0.15) is 6.54 Å². The minimum Gasteiger partial charge on any atom is -0.468 e. The molecule has 4 heteroatoms. The highest BCUT2D eigenvalue weighted by molar-refractivity contribution is 5.81. The second-order valence-electron chi connectivity index (χ2n) is 4.02. The van der Waals surface area contributed by atoms with Crippen LogP contribution >= 0.6 is 0 Å². The van der Waals surface area contributed by atoms with Crippen molar-refractivity contribution in [1.82, 2.24) is 5.32 Å². The van der Waals surface area contributed by atoms with Gasteiger partial charge in [0.15, 0.2) is 0 Å². The van der Waals surface area contributed by atoms with Gasteiger partial charge in [-0.2, -0.15) is 0 Å². The van der Waals surface area contributed by atoms with Gasteiger partial charge in [0.05, 0.1) is 7.11 Å². The van der Waals surface area contributed by atoms with Crippen LogP contribution in [0.2, 0.25) is 0 Å². The van der Waals surface area contributed by atoms with Crippen LogP contribution in [-0.4, -0.2) is 25.5 Å². The van der Waals surface area contributed by atoms with Crippen molar-refractivity contribution in [2.75, 3.05) is 13.7 Å². The lowest BCUT2D eigenvalue weighted by atomic mass is 10.1. The topological polar surface area (TPSA) is 55.4 Å². The predicted molar refractivity (Wildman–Crippen MR) is 69.2 cm³/mol.